The minimum atomic E-state index is -0.713. The van der Waals surface area contributed by atoms with Crippen molar-refractivity contribution in [3.05, 3.63) is 42.6 Å². The predicted octanol–water partition coefficient (Wildman–Crippen LogP) is 2.85. The number of hydrazine groups is 1. The number of carbonyl (C=O) groups is 3. The van der Waals surface area contributed by atoms with Gasteiger partial charge in [-0.15, -0.1) is 0 Å². The molecule has 2 aromatic rings. The van der Waals surface area contributed by atoms with E-state index in [4.69, 9.17) is 4.74 Å². The maximum Gasteiger partial charge on any atom is 0.250 e. The highest BCUT2D eigenvalue weighted by Gasteiger charge is 2.39. The fourth-order valence-corrected chi connectivity index (χ4v) is 5.04. The highest BCUT2D eigenvalue weighted by Crippen LogP contribution is 2.32. The van der Waals surface area contributed by atoms with Gasteiger partial charge in [0.1, 0.15) is 17.6 Å². The number of anilines is 1. The fourth-order valence-electron chi connectivity index (χ4n) is 5.04. The van der Waals surface area contributed by atoms with Crippen LogP contribution in [0.5, 0.6) is 5.75 Å². The Kier molecular flexibility index (Phi) is 8.50. The summed E-state index contributed by atoms with van der Waals surface area (Å²) in [6, 6.07) is 10.5. The maximum absolute atomic E-state index is 13.4. The van der Waals surface area contributed by atoms with Crippen LogP contribution in [0.1, 0.15) is 38.5 Å². The summed E-state index contributed by atoms with van der Waals surface area (Å²) in [6.07, 6.45) is 7.33. The number of nitrogens with one attached hydrogen (secondary N) is 2. The van der Waals surface area contributed by atoms with Crippen LogP contribution in [0.3, 0.4) is 0 Å². The van der Waals surface area contributed by atoms with Gasteiger partial charge in [-0.25, -0.2) is 15.5 Å². The van der Waals surface area contributed by atoms with Crippen LogP contribution in [-0.4, -0.2) is 64.7 Å². The first kappa shape index (κ1) is 25.6. The number of hydrogen-bond acceptors (Lipinski definition) is 7. The second-order valence-electron chi connectivity index (χ2n) is 9.38. The lowest BCUT2D eigenvalue weighted by Crippen LogP contribution is -2.51. The van der Waals surface area contributed by atoms with Gasteiger partial charge in [-0.05, 0) is 48.6 Å². The van der Waals surface area contributed by atoms with E-state index in [1.165, 1.54) is 5.01 Å². The topological polar surface area (TPSA) is 124 Å². The van der Waals surface area contributed by atoms with Crippen molar-refractivity contribution in [2.24, 2.45) is 11.8 Å². The summed E-state index contributed by atoms with van der Waals surface area (Å²) < 4.78 is 5.19. The van der Waals surface area contributed by atoms with Gasteiger partial charge in [0.2, 0.25) is 18.2 Å². The maximum atomic E-state index is 13.4. The number of rotatable bonds is 10. The van der Waals surface area contributed by atoms with Gasteiger partial charge in [0.05, 0.1) is 19.6 Å². The van der Waals surface area contributed by atoms with Gasteiger partial charge >= 0.3 is 0 Å². The number of amides is 3. The second-order valence-corrected chi connectivity index (χ2v) is 9.38. The molecule has 10 nitrogen and oxygen atoms in total. The van der Waals surface area contributed by atoms with Crippen molar-refractivity contribution in [2.75, 3.05) is 25.5 Å². The van der Waals surface area contributed by atoms with Gasteiger partial charge in [0.15, 0.2) is 0 Å². The first-order valence-electron chi connectivity index (χ1n) is 12.4. The lowest BCUT2D eigenvalue weighted by Gasteiger charge is -2.29. The molecule has 192 valence electrons. The number of aromatic nitrogens is 1. The number of pyridine rings is 1. The quantitative estimate of drug-likeness (QED) is 0.263. The predicted molar refractivity (Wildman–Crippen MR) is 133 cm³/mol. The Morgan fingerprint density at radius 1 is 1.19 bits per heavy atom. The van der Waals surface area contributed by atoms with Crippen LogP contribution in [-0.2, 0) is 14.4 Å². The van der Waals surface area contributed by atoms with Crippen LogP contribution in [0.4, 0.5) is 5.82 Å². The molecule has 10 heteroatoms. The Bertz CT molecular complexity index is 1040. The van der Waals surface area contributed by atoms with Gasteiger partial charge < -0.3 is 10.1 Å². The molecular weight excluding hydrogens is 462 g/mol. The van der Waals surface area contributed by atoms with Crippen molar-refractivity contribution in [1.29, 1.82) is 0 Å². The van der Waals surface area contributed by atoms with E-state index in [0.29, 0.717) is 42.6 Å². The van der Waals surface area contributed by atoms with E-state index in [9.17, 15) is 19.6 Å². The molecule has 2 fully saturated rings. The highest BCUT2D eigenvalue weighted by atomic mass is 16.5. The minimum absolute atomic E-state index is 0.0975. The molecule has 3 N–H and O–H groups in total. The van der Waals surface area contributed by atoms with Crippen molar-refractivity contribution in [2.45, 2.75) is 44.6 Å². The first-order valence-corrected chi connectivity index (χ1v) is 12.4. The highest BCUT2D eigenvalue weighted by molar-refractivity contribution is 5.97. The van der Waals surface area contributed by atoms with Crippen molar-refractivity contribution in [3.63, 3.8) is 0 Å². The van der Waals surface area contributed by atoms with Gasteiger partial charge in [-0.1, -0.05) is 37.8 Å². The van der Waals surface area contributed by atoms with Crippen LogP contribution < -0.4 is 15.5 Å². The number of benzene rings is 1. The van der Waals surface area contributed by atoms with Gasteiger partial charge in [0.25, 0.3) is 0 Å². The van der Waals surface area contributed by atoms with Crippen LogP contribution in [0.25, 0.3) is 11.1 Å². The van der Waals surface area contributed by atoms with Crippen molar-refractivity contribution in [3.8, 4) is 16.9 Å². The summed E-state index contributed by atoms with van der Waals surface area (Å²) in [5, 5.41) is 14.5. The zero-order valence-corrected chi connectivity index (χ0v) is 20.4. The molecule has 2 unspecified atom stereocenters. The molecule has 0 spiro atoms. The van der Waals surface area contributed by atoms with Crippen LogP contribution in [0.2, 0.25) is 0 Å². The monoisotopic (exact) mass is 495 g/mol. The molecule has 1 aliphatic heterocycles. The number of hydroxylamine groups is 2. The summed E-state index contributed by atoms with van der Waals surface area (Å²) >= 11 is 0. The Morgan fingerprint density at radius 3 is 2.56 bits per heavy atom. The third-order valence-corrected chi connectivity index (χ3v) is 6.96. The molecule has 4 rings (SSSR count). The molecular formula is C26H33N5O5. The van der Waals surface area contributed by atoms with E-state index >= 15 is 0 Å². The summed E-state index contributed by atoms with van der Waals surface area (Å²) in [5.41, 5.74) is 4.88. The van der Waals surface area contributed by atoms with Gasteiger partial charge in [-0.2, -0.15) is 0 Å². The van der Waals surface area contributed by atoms with Crippen molar-refractivity contribution >= 4 is 24.0 Å². The third kappa shape index (κ3) is 6.19. The number of carbonyl (C=O) groups excluding carboxylic acids is 3. The van der Waals surface area contributed by atoms with Crippen LogP contribution in [0, 0.1) is 11.8 Å². The SMILES string of the molecule is COc1ccc(-c2ccc(NC(=O)C3CCNN3C(=O)C(CC3CCCC3)CN(O)C=O)nc2)cc1. The summed E-state index contributed by atoms with van der Waals surface area (Å²) in [5.74, 6) is 0.315. The molecule has 3 amide bonds. The van der Waals surface area contributed by atoms with Gasteiger partial charge in [-0.3, -0.25) is 24.6 Å². The molecule has 2 heterocycles. The van der Waals surface area contributed by atoms with Gasteiger partial charge in [0, 0.05) is 18.3 Å². The number of methoxy groups -OCH3 is 1. The molecule has 1 saturated carbocycles. The molecule has 1 aromatic carbocycles. The molecule has 2 atom stereocenters. The largest absolute Gasteiger partial charge is 0.497 e. The zero-order valence-electron chi connectivity index (χ0n) is 20.4. The minimum Gasteiger partial charge on any atom is -0.497 e. The van der Waals surface area contributed by atoms with E-state index in [1.54, 1.807) is 19.4 Å². The van der Waals surface area contributed by atoms with Crippen molar-refractivity contribution in [1.82, 2.24) is 20.5 Å². The normalized spacial score (nSPS) is 18.6. The third-order valence-electron chi connectivity index (χ3n) is 6.96. The number of hydrogen-bond donors (Lipinski definition) is 3. The average Bonchev–Trinajstić information content (AvgIpc) is 3.61. The number of nitrogens with zero attached hydrogens (tertiary/aromatic N) is 3. The van der Waals surface area contributed by atoms with E-state index in [0.717, 1.165) is 42.6 Å². The standard InChI is InChI=1S/C26H33N5O5/c1-36-22-9-6-19(7-10-22)20-8-11-24(27-15-20)29-25(33)23-12-13-28-31(23)26(34)21(16-30(35)17-32)14-18-4-2-3-5-18/h6-11,15,17-18,21,23,28,35H,2-5,12-14,16H2,1H3,(H,27,29,33). The molecule has 1 saturated heterocycles. The number of ether oxygens (including phenoxy) is 1. The molecule has 0 radical (unpaired) electrons. The zero-order chi connectivity index (χ0) is 25.5. The van der Waals surface area contributed by atoms with Crippen LogP contribution in [0.15, 0.2) is 42.6 Å². The lowest BCUT2D eigenvalue weighted by molar-refractivity contribution is -0.159. The summed E-state index contributed by atoms with van der Waals surface area (Å²) in [7, 11) is 1.62. The van der Waals surface area contributed by atoms with E-state index in [2.05, 4.69) is 15.7 Å². The molecule has 1 aromatic heterocycles. The average molecular weight is 496 g/mol. The smallest absolute Gasteiger partial charge is 0.250 e. The first-order chi connectivity index (χ1) is 17.5. The van der Waals surface area contributed by atoms with Crippen molar-refractivity contribution < 1.29 is 24.3 Å². The Hall–Kier alpha value is -3.50. The summed E-state index contributed by atoms with van der Waals surface area (Å²) in [6.45, 7) is 0.375. The molecule has 36 heavy (non-hydrogen) atoms. The molecule has 0 bridgehead atoms. The Labute approximate surface area is 210 Å². The molecule has 2 aliphatic rings. The van der Waals surface area contributed by atoms with E-state index in [1.807, 2.05) is 30.3 Å². The lowest BCUT2D eigenvalue weighted by atomic mass is 9.92. The van der Waals surface area contributed by atoms with E-state index < -0.39 is 12.0 Å². The van der Waals surface area contributed by atoms with Crippen LogP contribution >= 0.6 is 0 Å². The summed E-state index contributed by atoms with van der Waals surface area (Å²) in [4.78, 5) is 41.9. The second kappa shape index (κ2) is 12.0. The Morgan fingerprint density at radius 2 is 1.92 bits per heavy atom. The fraction of sp³-hybridized carbons (Fsp3) is 0.462. The molecule has 1 aliphatic carbocycles. The van der Waals surface area contributed by atoms with E-state index in [-0.39, 0.29) is 18.4 Å². The Balaban J connectivity index is 1.41.